The fourth-order valence-corrected chi connectivity index (χ4v) is 2.29. The molecule has 0 radical (unpaired) electrons. The maximum absolute atomic E-state index is 11.8. The highest BCUT2D eigenvalue weighted by atomic mass is 16.5. The van der Waals surface area contributed by atoms with Gasteiger partial charge in [-0.1, -0.05) is 30.3 Å². The first-order valence-electron chi connectivity index (χ1n) is 6.93. The van der Waals surface area contributed by atoms with Crippen LogP contribution in [0.15, 0.2) is 30.3 Å². The van der Waals surface area contributed by atoms with E-state index in [0.29, 0.717) is 6.61 Å². The molecule has 3 N–H and O–H groups in total. The minimum atomic E-state index is -1.09. The van der Waals surface area contributed by atoms with Crippen molar-refractivity contribution in [1.29, 1.82) is 0 Å². The summed E-state index contributed by atoms with van der Waals surface area (Å²) in [4.78, 5) is 11.8. The van der Waals surface area contributed by atoms with E-state index < -0.39 is 5.60 Å². The topological polar surface area (TPSA) is 70.6 Å². The van der Waals surface area contributed by atoms with Crippen LogP contribution in [-0.2, 0) is 10.3 Å². The molecule has 5 heteroatoms. The van der Waals surface area contributed by atoms with Gasteiger partial charge in [0.1, 0.15) is 5.60 Å². The first-order chi connectivity index (χ1) is 9.49. The number of rotatable bonds is 4. The molecule has 1 aromatic carbocycles. The smallest absolute Gasteiger partial charge is 0.315 e. The molecule has 0 saturated carbocycles. The summed E-state index contributed by atoms with van der Waals surface area (Å²) in [5.74, 6) is 0. The molecular formula is C15H22N2O3. The molecular weight excluding hydrogens is 256 g/mol. The first-order valence-corrected chi connectivity index (χ1v) is 6.93. The van der Waals surface area contributed by atoms with Crippen molar-refractivity contribution in [1.82, 2.24) is 10.6 Å². The average Bonchev–Trinajstić information content (AvgIpc) is 2.83. The van der Waals surface area contributed by atoms with Crippen molar-refractivity contribution >= 4 is 6.03 Å². The lowest BCUT2D eigenvalue weighted by Gasteiger charge is -2.25. The van der Waals surface area contributed by atoms with Crippen LogP contribution in [0.1, 0.15) is 25.8 Å². The van der Waals surface area contributed by atoms with Crippen LogP contribution >= 0.6 is 0 Å². The van der Waals surface area contributed by atoms with E-state index in [1.807, 2.05) is 37.3 Å². The Morgan fingerprint density at radius 1 is 1.45 bits per heavy atom. The Morgan fingerprint density at radius 3 is 2.75 bits per heavy atom. The molecule has 1 aromatic rings. The molecule has 1 aliphatic heterocycles. The molecule has 110 valence electrons. The predicted octanol–water partition coefficient (Wildman–Crippen LogP) is 1.37. The summed E-state index contributed by atoms with van der Waals surface area (Å²) in [7, 11) is 0. The molecule has 0 spiro atoms. The van der Waals surface area contributed by atoms with E-state index in [2.05, 4.69) is 10.6 Å². The van der Waals surface area contributed by atoms with E-state index in [0.717, 1.165) is 12.0 Å². The average molecular weight is 278 g/mol. The zero-order valence-corrected chi connectivity index (χ0v) is 11.9. The van der Waals surface area contributed by atoms with E-state index in [9.17, 15) is 9.90 Å². The quantitative estimate of drug-likeness (QED) is 0.779. The highest BCUT2D eigenvalue weighted by molar-refractivity contribution is 5.74. The van der Waals surface area contributed by atoms with Crippen LogP contribution < -0.4 is 10.6 Å². The molecule has 20 heavy (non-hydrogen) atoms. The summed E-state index contributed by atoms with van der Waals surface area (Å²) in [6.07, 6.45) is 0.860. The maximum atomic E-state index is 11.8. The van der Waals surface area contributed by atoms with Crippen LogP contribution in [0.5, 0.6) is 0 Å². The molecule has 1 heterocycles. The lowest BCUT2D eigenvalue weighted by molar-refractivity contribution is 0.0590. The Morgan fingerprint density at radius 2 is 2.15 bits per heavy atom. The number of benzene rings is 1. The molecule has 1 fully saturated rings. The monoisotopic (exact) mass is 278 g/mol. The zero-order valence-electron chi connectivity index (χ0n) is 11.9. The maximum Gasteiger partial charge on any atom is 0.315 e. The highest BCUT2D eigenvalue weighted by Gasteiger charge is 2.27. The Balaban J connectivity index is 1.83. The van der Waals surface area contributed by atoms with Crippen molar-refractivity contribution in [2.24, 2.45) is 0 Å². The summed E-state index contributed by atoms with van der Waals surface area (Å²) in [6.45, 7) is 4.46. The summed E-state index contributed by atoms with van der Waals surface area (Å²) in [5.41, 5.74) is -0.311. The van der Waals surface area contributed by atoms with Gasteiger partial charge >= 0.3 is 6.03 Å². The Bertz CT molecular complexity index is 448. The second kappa shape index (κ2) is 6.24. The number of ether oxygens (including phenoxy) is 1. The van der Waals surface area contributed by atoms with Crippen LogP contribution in [-0.4, -0.2) is 36.4 Å². The summed E-state index contributed by atoms with van der Waals surface area (Å²) in [5, 5.41) is 16.0. The third kappa shape index (κ3) is 3.71. The molecule has 1 saturated heterocycles. The molecule has 0 aliphatic carbocycles. The van der Waals surface area contributed by atoms with Crippen LogP contribution in [0.4, 0.5) is 4.79 Å². The van der Waals surface area contributed by atoms with Crippen molar-refractivity contribution in [2.45, 2.75) is 38.0 Å². The minimum Gasteiger partial charge on any atom is -0.384 e. The molecule has 0 bridgehead atoms. The number of carbonyl (C=O) groups excluding carboxylic acids is 1. The van der Waals surface area contributed by atoms with Gasteiger partial charge in [0, 0.05) is 6.61 Å². The largest absolute Gasteiger partial charge is 0.384 e. The second-order valence-corrected chi connectivity index (χ2v) is 5.44. The molecule has 0 aromatic heterocycles. The molecule has 1 aliphatic rings. The van der Waals surface area contributed by atoms with Crippen molar-refractivity contribution < 1.29 is 14.6 Å². The molecule has 2 rings (SSSR count). The lowest BCUT2D eigenvalue weighted by Crippen LogP contribution is -2.48. The molecule has 2 amide bonds. The van der Waals surface area contributed by atoms with Gasteiger partial charge in [-0.2, -0.15) is 0 Å². The normalized spacial score (nSPS) is 24.9. The summed E-state index contributed by atoms with van der Waals surface area (Å²) < 4.78 is 5.39. The van der Waals surface area contributed by atoms with E-state index in [-0.39, 0.29) is 24.7 Å². The third-order valence-corrected chi connectivity index (χ3v) is 3.68. The number of hydrogen-bond donors (Lipinski definition) is 3. The van der Waals surface area contributed by atoms with Gasteiger partial charge in [-0.25, -0.2) is 4.79 Å². The van der Waals surface area contributed by atoms with Gasteiger partial charge in [0.05, 0.1) is 18.7 Å². The van der Waals surface area contributed by atoms with Crippen molar-refractivity contribution in [3.8, 4) is 0 Å². The number of aliphatic hydroxyl groups is 1. The fourth-order valence-electron chi connectivity index (χ4n) is 2.29. The zero-order chi connectivity index (χ0) is 14.6. The van der Waals surface area contributed by atoms with E-state index in [1.165, 1.54) is 0 Å². The second-order valence-electron chi connectivity index (χ2n) is 5.44. The van der Waals surface area contributed by atoms with Crippen molar-refractivity contribution in [2.75, 3.05) is 13.2 Å². The molecule has 3 atom stereocenters. The van der Waals surface area contributed by atoms with E-state index >= 15 is 0 Å². The first kappa shape index (κ1) is 14.8. The number of carbonyl (C=O) groups is 1. The third-order valence-electron chi connectivity index (χ3n) is 3.68. The molecule has 5 nitrogen and oxygen atoms in total. The van der Waals surface area contributed by atoms with Gasteiger partial charge in [-0.05, 0) is 25.8 Å². The van der Waals surface area contributed by atoms with E-state index in [4.69, 9.17) is 4.74 Å². The van der Waals surface area contributed by atoms with Crippen molar-refractivity contribution in [3.63, 3.8) is 0 Å². The van der Waals surface area contributed by atoms with E-state index in [1.54, 1.807) is 6.92 Å². The lowest BCUT2D eigenvalue weighted by atomic mass is 9.96. The van der Waals surface area contributed by atoms with Crippen LogP contribution in [0.25, 0.3) is 0 Å². The van der Waals surface area contributed by atoms with Gasteiger partial charge in [0.2, 0.25) is 0 Å². The molecule has 3 unspecified atom stereocenters. The standard InChI is InChI=1S/C15H22N2O3/c1-11-13(8-9-20-11)17-14(18)16-10-15(2,19)12-6-4-3-5-7-12/h3-7,11,13,19H,8-10H2,1-2H3,(H2,16,17,18). The predicted molar refractivity (Wildman–Crippen MR) is 76.4 cm³/mol. The summed E-state index contributed by atoms with van der Waals surface area (Å²) in [6, 6.07) is 9.06. The Kier molecular flexibility index (Phi) is 4.62. The number of urea groups is 1. The van der Waals surface area contributed by atoms with Gasteiger partial charge in [0.25, 0.3) is 0 Å². The Hall–Kier alpha value is -1.59. The number of amides is 2. The van der Waals surface area contributed by atoms with Crippen LogP contribution in [0.3, 0.4) is 0 Å². The van der Waals surface area contributed by atoms with Gasteiger partial charge in [0.15, 0.2) is 0 Å². The highest BCUT2D eigenvalue weighted by Crippen LogP contribution is 2.19. The Labute approximate surface area is 119 Å². The number of nitrogens with one attached hydrogen (secondary N) is 2. The van der Waals surface area contributed by atoms with Gasteiger partial charge in [-0.3, -0.25) is 0 Å². The SMILES string of the molecule is CC1OCCC1NC(=O)NCC(C)(O)c1ccccc1. The van der Waals surface area contributed by atoms with Crippen molar-refractivity contribution in [3.05, 3.63) is 35.9 Å². The van der Waals surface area contributed by atoms with Crippen LogP contribution in [0.2, 0.25) is 0 Å². The van der Waals surface area contributed by atoms with Gasteiger partial charge in [-0.15, -0.1) is 0 Å². The minimum absolute atomic E-state index is 0.0374. The van der Waals surface area contributed by atoms with Crippen LogP contribution in [0, 0.1) is 0 Å². The fraction of sp³-hybridized carbons (Fsp3) is 0.533. The number of hydrogen-bond acceptors (Lipinski definition) is 3. The van der Waals surface area contributed by atoms with Gasteiger partial charge < -0.3 is 20.5 Å². The summed E-state index contributed by atoms with van der Waals surface area (Å²) >= 11 is 0.